The van der Waals surface area contributed by atoms with Gasteiger partial charge in [-0.1, -0.05) is 39.3 Å². The van der Waals surface area contributed by atoms with Crippen LogP contribution in [0.25, 0.3) is 0 Å². The summed E-state index contributed by atoms with van der Waals surface area (Å²) in [5.41, 5.74) is 18.1. The average Bonchev–Trinajstić information content (AvgIpc) is 2.72. The predicted octanol–water partition coefficient (Wildman–Crippen LogP) is 1.65. The number of anilines is 2. The first-order chi connectivity index (χ1) is 14.3. The van der Waals surface area contributed by atoms with Crippen LogP contribution >= 0.6 is 11.6 Å². The maximum Gasteiger partial charge on any atom is 0.256 e. The Balaban J connectivity index is 0.00000407. The number of carbonyl (C=O) groups is 2. The number of hydrogen-bond donors (Lipinski definition) is 7. The largest absolute Gasteiger partial charge is 0.404 e. The molecule has 0 aromatic heterocycles. The van der Waals surface area contributed by atoms with E-state index in [9.17, 15) is 9.59 Å². The predicted molar refractivity (Wildman–Crippen MR) is 125 cm³/mol. The minimum Gasteiger partial charge on any atom is -0.404 e. The van der Waals surface area contributed by atoms with E-state index in [1.54, 1.807) is 18.2 Å². The molecule has 0 aliphatic carbocycles. The lowest BCUT2D eigenvalue weighted by Gasteiger charge is -2.25. The van der Waals surface area contributed by atoms with Crippen LogP contribution in [0.5, 0.6) is 0 Å². The molecule has 9 nitrogen and oxygen atoms in total. The van der Waals surface area contributed by atoms with E-state index in [0.717, 1.165) is 6.42 Å². The minimum absolute atomic E-state index is 0.164. The highest BCUT2D eigenvalue weighted by Gasteiger charge is 2.22. The van der Waals surface area contributed by atoms with Crippen LogP contribution in [-0.2, 0) is 9.59 Å². The Morgan fingerprint density at radius 2 is 1.73 bits per heavy atom. The van der Waals surface area contributed by atoms with Crippen LogP contribution in [0.3, 0.4) is 0 Å². The molecule has 0 radical (unpaired) electrons. The normalized spacial score (nSPS) is 13.0. The van der Waals surface area contributed by atoms with Crippen LogP contribution in [0.2, 0.25) is 5.02 Å². The molecule has 170 valence electrons. The number of halogens is 1. The third-order valence-corrected chi connectivity index (χ3v) is 4.01. The van der Waals surface area contributed by atoms with Gasteiger partial charge < -0.3 is 27.8 Å². The Labute approximate surface area is 184 Å². The topological polar surface area (TPSA) is 160 Å². The number of hydrogen-bond acceptors (Lipinski definition) is 7. The quantitative estimate of drug-likeness (QED) is 0.203. The number of nitrogens with one attached hydrogen (secondary N) is 4. The van der Waals surface area contributed by atoms with Gasteiger partial charge >= 0.3 is 0 Å². The van der Waals surface area contributed by atoms with Gasteiger partial charge in [0.25, 0.3) is 5.91 Å². The number of amides is 2. The Hall–Kier alpha value is -2.17. The fraction of sp³-hybridized carbons (Fsp3) is 0.500. The molecule has 0 bridgehead atoms. The molecule has 0 spiro atoms. The monoisotopic (exact) mass is 441 g/mol. The lowest BCUT2D eigenvalue weighted by atomic mass is 10.1. The van der Waals surface area contributed by atoms with Gasteiger partial charge in [-0.05, 0) is 37.6 Å². The third-order valence-electron chi connectivity index (χ3n) is 3.80. The molecule has 10 N–H and O–H groups in total. The van der Waals surface area contributed by atoms with Crippen molar-refractivity contribution in [3.8, 4) is 0 Å². The van der Waals surface area contributed by atoms with Gasteiger partial charge in [-0.2, -0.15) is 0 Å². The molecule has 2 unspecified atom stereocenters. The van der Waals surface area contributed by atoms with E-state index in [2.05, 4.69) is 21.3 Å². The Morgan fingerprint density at radius 3 is 2.23 bits per heavy atom. The standard InChI is InChI=1S/C18H30ClN7O2.C2H6/c1-3-5-23-17(26-15(22)4-2)14(9-20)18(28)25-13-7-11(19)6-12(8-13)24-16(27)10-21;1-2/h6-9,15,17,23,26H,3-5,10,20-22H2,1-2H3,(H,24,27)(H,25,28);1-2H3/b14-9+;. The molecule has 0 heterocycles. The molecule has 1 rings (SSSR count). The van der Waals surface area contributed by atoms with E-state index in [-0.39, 0.29) is 24.2 Å². The van der Waals surface area contributed by atoms with Gasteiger partial charge in [-0.15, -0.1) is 0 Å². The third kappa shape index (κ3) is 10.0. The summed E-state index contributed by atoms with van der Waals surface area (Å²) in [6.07, 6.45) is 1.97. The summed E-state index contributed by atoms with van der Waals surface area (Å²) >= 11 is 6.08. The zero-order valence-corrected chi connectivity index (χ0v) is 19.0. The summed E-state index contributed by atoms with van der Waals surface area (Å²) in [4.78, 5) is 24.3. The molecular formula is C20H36ClN7O2. The molecule has 10 heteroatoms. The molecule has 1 aromatic rings. The van der Waals surface area contributed by atoms with E-state index < -0.39 is 12.1 Å². The smallest absolute Gasteiger partial charge is 0.256 e. The molecule has 2 amide bonds. The van der Waals surface area contributed by atoms with Gasteiger partial charge in [0.2, 0.25) is 5.91 Å². The molecule has 30 heavy (non-hydrogen) atoms. The van der Waals surface area contributed by atoms with Crippen molar-refractivity contribution in [2.24, 2.45) is 17.2 Å². The van der Waals surface area contributed by atoms with Crippen molar-refractivity contribution in [2.75, 3.05) is 23.7 Å². The van der Waals surface area contributed by atoms with E-state index in [1.165, 1.54) is 6.20 Å². The number of carbonyl (C=O) groups excluding carboxylic acids is 2. The lowest BCUT2D eigenvalue weighted by Crippen LogP contribution is -2.53. The second kappa shape index (κ2) is 15.6. The van der Waals surface area contributed by atoms with E-state index in [1.807, 2.05) is 27.7 Å². The van der Waals surface area contributed by atoms with Gasteiger partial charge in [0, 0.05) is 22.6 Å². The molecular weight excluding hydrogens is 406 g/mol. The van der Waals surface area contributed by atoms with Crippen molar-refractivity contribution in [1.29, 1.82) is 0 Å². The van der Waals surface area contributed by atoms with Gasteiger partial charge in [0.15, 0.2) is 0 Å². The van der Waals surface area contributed by atoms with Gasteiger partial charge in [0.1, 0.15) is 0 Å². The highest BCUT2D eigenvalue weighted by Crippen LogP contribution is 2.23. The maximum absolute atomic E-state index is 12.8. The molecule has 1 aromatic carbocycles. The van der Waals surface area contributed by atoms with Gasteiger partial charge in [-0.25, -0.2) is 0 Å². The molecule has 0 saturated carbocycles. The fourth-order valence-electron chi connectivity index (χ4n) is 2.33. The molecule has 0 saturated heterocycles. The van der Waals surface area contributed by atoms with E-state index >= 15 is 0 Å². The second-order valence-electron chi connectivity index (χ2n) is 6.13. The summed E-state index contributed by atoms with van der Waals surface area (Å²) in [7, 11) is 0. The van der Waals surface area contributed by atoms with Crippen molar-refractivity contribution in [3.05, 3.63) is 35.0 Å². The number of nitrogens with two attached hydrogens (primary N) is 3. The van der Waals surface area contributed by atoms with E-state index in [4.69, 9.17) is 28.8 Å². The van der Waals surface area contributed by atoms with Crippen molar-refractivity contribution >= 4 is 34.8 Å². The number of rotatable bonds is 11. The molecule has 0 aliphatic rings. The highest BCUT2D eigenvalue weighted by atomic mass is 35.5. The Bertz CT molecular complexity index is 698. The van der Waals surface area contributed by atoms with Crippen molar-refractivity contribution in [1.82, 2.24) is 10.6 Å². The Morgan fingerprint density at radius 1 is 1.13 bits per heavy atom. The summed E-state index contributed by atoms with van der Waals surface area (Å²) in [5.74, 6) is -0.797. The second-order valence-corrected chi connectivity index (χ2v) is 6.56. The SMILES string of the molecule is CC.CCCNC(NC(N)CC)/C(=C\N)C(=O)Nc1cc(Cl)cc(NC(=O)CN)c1. The van der Waals surface area contributed by atoms with Crippen LogP contribution in [0.1, 0.15) is 40.5 Å². The first kappa shape index (κ1) is 27.8. The summed E-state index contributed by atoms with van der Waals surface area (Å²) in [5, 5.41) is 12.0. The average molecular weight is 442 g/mol. The van der Waals surface area contributed by atoms with Crippen LogP contribution in [0.4, 0.5) is 11.4 Å². The van der Waals surface area contributed by atoms with Crippen LogP contribution in [0.15, 0.2) is 30.0 Å². The van der Waals surface area contributed by atoms with Crippen LogP contribution in [-0.4, -0.2) is 37.2 Å². The van der Waals surface area contributed by atoms with Gasteiger partial charge in [-0.3, -0.25) is 20.2 Å². The molecule has 2 atom stereocenters. The minimum atomic E-state index is -0.518. The van der Waals surface area contributed by atoms with E-state index in [0.29, 0.717) is 29.4 Å². The summed E-state index contributed by atoms with van der Waals surface area (Å²) in [6, 6.07) is 4.69. The Kier molecular flexibility index (Phi) is 14.5. The first-order valence-electron chi connectivity index (χ1n) is 10.1. The van der Waals surface area contributed by atoms with Crippen LogP contribution < -0.4 is 38.5 Å². The first-order valence-corrected chi connectivity index (χ1v) is 10.5. The zero-order valence-electron chi connectivity index (χ0n) is 18.2. The lowest BCUT2D eigenvalue weighted by molar-refractivity contribution is -0.115. The summed E-state index contributed by atoms with van der Waals surface area (Å²) in [6.45, 7) is 8.45. The molecule has 0 aliphatic heterocycles. The fourth-order valence-corrected chi connectivity index (χ4v) is 2.57. The van der Waals surface area contributed by atoms with Crippen LogP contribution in [0, 0.1) is 0 Å². The number of benzene rings is 1. The summed E-state index contributed by atoms with van der Waals surface area (Å²) < 4.78 is 0. The highest BCUT2D eigenvalue weighted by molar-refractivity contribution is 6.31. The van der Waals surface area contributed by atoms with Crippen molar-refractivity contribution in [3.63, 3.8) is 0 Å². The maximum atomic E-state index is 12.8. The zero-order chi connectivity index (χ0) is 23.1. The van der Waals surface area contributed by atoms with Gasteiger partial charge in [0.05, 0.1) is 24.4 Å². The van der Waals surface area contributed by atoms with Crippen molar-refractivity contribution < 1.29 is 9.59 Å². The van der Waals surface area contributed by atoms with Crippen molar-refractivity contribution in [2.45, 2.75) is 52.9 Å². The molecule has 0 fully saturated rings.